The molecule has 2 atom stereocenters. The Kier molecular flexibility index (Phi) is 4.09. The molecule has 1 aliphatic carbocycles. The highest BCUT2D eigenvalue weighted by atomic mass is 19.1. The van der Waals surface area contributed by atoms with E-state index in [1.54, 1.807) is 6.20 Å². The number of nitrogens with zero attached hydrogens (tertiary/aromatic N) is 1. The van der Waals surface area contributed by atoms with Crippen molar-refractivity contribution in [1.82, 2.24) is 4.98 Å². The smallest absolute Gasteiger partial charge is 0.141 e. The lowest BCUT2D eigenvalue weighted by Crippen LogP contribution is -2.25. The Morgan fingerprint density at radius 2 is 2.00 bits per heavy atom. The van der Waals surface area contributed by atoms with Gasteiger partial charge in [-0.1, -0.05) is 30.3 Å². The third kappa shape index (κ3) is 3.35. The van der Waals surface area contributed by atoms with E-state index in [-0.39, 0.29) is 11.7 Å². The number of pyridine rings is 1. The molecular weight excluding hydrogens is 265 g/mol. The van der Waals surface area contributed by atoms with E-state index in [1.807, 2.05) is 18.2 Å². The van der Waals surface area contributed by atoms with Crippen LogP contribution in [0, 0.1) is 11.7 Å². The summed E-state index contributed by atoms with van der Waals surface area (Å²) in [5, 5.41) is 0. The summed E-state index contributed by atoms with van der Waals surface area (Å²) in [4.78, 5) is 16.0. The van der Waals surface area contributed by atoms with Crippen LogP contribution < -0.4 is 0 Å². The number of hydrogen-bond acceptors (Lipinski definition) is 2. The van der Waals surface area contributed by atoms with Gasteiger partial charge in [0.15, 0.2) is 0 Å². The number of rotatable bonds is 3. The molecule has 0 aliphatic heterocycles. The van der Waals surface area contributed by atoms with Gasteiger partial charge in [0.2, 0.25) is 0 Å². The van der Waals surface area contributed by atoms with Crippen LogP contribution in [0.2, 0.25) is 0 Å². The number of ketones is 1. The Morgan fingerprint density at radius 3 is 2.76 bits per heavy atom. The second-order valence-electron chi connectivity index (χ2n) is 5.76. The van der Waals surface area contributed by atoms with Crippen LogP contribution in [0.1, 0.15) is 36.3 Å². The molecule has 0 bridgehead atoms. The summed E-state index contributed by atoms with van der Waals surface area (Å²) in [6.45, 7) is 0. The van der Waals surface area contributed by atoms with Crippen LogP contribution in [-0.4, -0.2) is 10.8 Å². The normalized spacial score (nSPS) is 22.2. The van der Waals surface area contributed by atoms with Gasteiger partial charge in [-0.2, -0.15) is 0 Å². The van der Waals surface area contributed by atoms with E-state index in [0.29, 0.717) is 24.5 Å². The fourth-order valence-corrected chi connectivity index (χ4v) is 3.19. The van der Waals surface area contributed by atoms with E-state index in [0.717, 1.165) is 18.4 Å². The van der Waals surface area contributed by atoms with Crippen LogP contribution in [0.25, 0.3) is 0 Å². The molecule has 1 aromatic carbocycles. The first-order valence-corrected chi connectivity index (χ1v) is 7.39. The molecule has 1 aliphatic rings. The second kappa shape index (κ2) is 6.17. The summed E-state index contributed by atoms with van der Waals surface area (Å²) >= 11 is 0. The Balaban J connectivity index is 1.73. The lowest BCUT2D eigenvalue weighted by Gasteiger charge is -2.28. The molecule has 3 heteroatoms. The largest absolute Gasteiger partial charge is 0.299 e. The molecule has 0 radical (unpaired) electrons. The SMILES string of the molecule is O=C1CCC(c2ccccc2)CC1Cc1cncc(F)c1. The van der Waals surface area contributed by atoms with Gasteiger partial charge in [-0.15, -0.1) is 0 Å². The maximum Gasteiger partial charge on any atom is 0.141 e. The average Bonchev–Trinajstić information content (AvgIpc) is 2.50. The Hall–Kier alpha value is -2.03. The predicted octanol–water partition coefficient (Wildman–Crippen LogP) is 3.92. The summed E-state index contributed by atoms with van der Waals surface area (Å²) in [6, 6.07) is 11.8. The number of halogens is 1. The van der Waals surface area contributed by atoms with Gasteiger partial charge in [0.25, 0.3) is 0 Å². The van der Waals surface area contributed by atoms with Gasteiger partial charge in [0.05, 0.1) is 6.20 Å². The van der Waals surface area contributed by atoms with Gasteiger partial charge in [0, 0.05) is 18.5 Å². The third-order valence-corrected chi connectivity index (χ3v) is 4.28. The van der Waals surface area contributed by atoms with E-state index in [2.05, 4.69) is 17.1 Å². The van der Waals surface area contributed by atoms with Gasteiger partial charge in [-0.05, 0) is 42.4 Å². The molecule has 2 nitrogen and oxygen atoms in total. The number of aromatic nitrogens is 1. The summed E-state index contributed by atoms with van der Waals surface area (Å²) in [5.41, 5.74) is 2.11. The maximum atomic E-state index is 13.2. The molecular formula is C18H18FNO. The molecule has 1 aromatic heterocycles. The maximum absolute atomic E-state index is 13.2. The number of carbonyl (C=O) groups excluding carboxylic acids is 1. The molecule has 0 spiro atoms. The predicted molar refractivity (Wildman–Crippen MR) is 79.4 cm³/mol. The standard InChI is InChI=1S/C18H18FNO/c19-17-9-13(11-20-12-17)8-16-10-15(6-7-18(16)21)14-4-2-1-3-5-14/h1-5,9,11-12,15-16H,6-8,10H2. The summed E-state index contributed by atoms with van der Waals surface area (Å²) in [6.07, 6.45) is 5.82. The molecule has 0 amide bonds. The molecule has 2 aromatic rings. The third-order valence-electron chi connectivity index (χ3n) is 4.28. The summed E-state index contributed by atoms with van der Waals surface area (Å²) in [7, 11) is 0. The molecule has 1 fully saturated rings. The van der Waals surface area contributed by atoms with Crippen LogP contribution in [0.5, 0.6) is 0 Å². The fourth-order valence-electron chi connectivity index (χ4n) is 3.19. The van der Waals surface area contributed by atoms with Gasteiger partial charge < -0.3 is 0 Å². The molecule has 1 saturated carbocycles. The number of benzene rings is 1. The molecule has 1 heterocycles. The topological polar surface area (TPSA) is 30.0 Å². The Morgan fingerprint density at radius 1 is 1.19 bits per heavy atom. The van der Waals surface area contributed by atoms with Crippen molar-refractivity contribution in [2.45, 2.75) is 31.6 Å². The van der Waals surface area contributed by atoms with Gasteiger partial charge in [-0.3, -0.25) is 9.78 Å². The first-order chi connectivity index (χ1) is 10.2. The van der Waals surface area contributed by atoms with Gasteiger partial charge in [-0.25, -0.2) is 4.39 Å². The van der Waals surface area contributed by atoms with Crippen molar-refractivity contribution in [2.24, 2.45) is 5.92 Å². The van der Waals surface area contributed by atoms with Crippen molar-refractivity contribution >= 4 is 5.78 Å². The molecule has 21 heavy (non-hydrogen) atoms. The zero-order valence-corrected chi connectivity index (χ0v) is 11.8. The number of Topliss-reactive ketones (excluding diaryl/α,β-unsaturated/α-hetero) is 1. The van der Waals surface area contributed by atoms with Gasteiger partial charge in [0.1, 0.15) is 11.6 Å². The van der Waals surface area contributed by atoms with Crippen LogP contribution in [-0.2, 0) is 11.2 Å². The summed E-state index contributed by atoms with van der Waals surface area (Å²) in [5.74, 6) is 0.366. The van der Waals surface area contributed by atoms with E-state index in [4.69, 9.17) is 0 Å². The fraction of sp³-hybridized carbons (Fsp3) is 0.333. The lowest BCUT2D eigenvalue weighted by molar-refractivity contribution is -0.124. The minimum Gasteiger partial charge on any atom is -0.299 e. The molecule has 0 N–H and O–H groups in total. The molecule has 0 saturated heterocycles. The van der Waals surface area contributed by atoms with Crippen LogP contribution in [0.4, 0.5) is 4.39 Å². The van der Waals surface area contributed by atoms with E-state index in [9.17, 15) is 9.18 Å². The highest BCUT2D eigenvalue weighted by Crippen LogP contribution is 2.35. The first kappa shape index (κ1) is 13.9. The zero-order valence-electron chi connectivity index (χ0n) is 11.8. The first-order valence-electron chi connectivity index (χ1n) is 7.39. The van der Waals surface area contributed by atoms with E-state index < -0.39 is 0 Å². The molecule has 2 unspecified atom stereocenters. The van der Waals surface area contributed by atoms with E-state index >= 15 is 0 Å². The van der Waals surface area contributed by atoms with Crippen LogP contribution in [0.15, 0.2) is 48.8 Å². The monoisotopic (exact) mass is 283 g/mol. The number of carbonyl (C=O) groups is 1. The van der Waals surface area contributed by atoms with Crippen molar-refractivity contribution in [3.8, 4) is 0 Å². The van der Waals surface area contributed by atoms with Crippen molar-refractivity contribution in [2.75, 3.05) is 0 Å². The minimum atomic E-state index is -0.338. The minimum absolute atomic E-state index is 0.0208. The van der Waals surface area contributed by atoms with Crippen molar-refractivity contribution in [3.05, 3.63) is 65.7 Å². The number of hydrogen-bond donors (Lipinski definition) is 0. The van der Waals surface area contributed by atoms with Crippen molar-refractivity contribution < 1.29 is 9.18 Å². The molecule has 3 rings (SSSR count). The van der Waals surface area contributed by atoms with E-state index in [1.165, 1.54) is 17.8 Å². The highest BCUT2D eigenvalue weighted by molar-refractivity contribution is 5.82. The Labute approximate surface area is 124 Å². The van der Waals surface area contributed by atoms with Crippen LogP contribution >= 0.6 is 0 Å². The van der Waals surface area contributed by atoms with Gasteiger partial charge >= 0.3 is 0 Å². The van der Waals surface area contributed by atoms with Crippen LogP contribution in [0.3, 0.4) is 0 Å². The Bertz CT molecular complexity index is 626. The second-order valence-corrected chi connectivity index (χ2v) is 5.76. The lowest BCUT2D eigenvalue weighted by atomic mass is 9.75. The molecule has 108 valence electrons. The highest BCUT2D eigenvalue weighted by Gasteiger charge is 2.29. The average molecular weight is 283 g/mol. The van der Waals surface area contributed by atoms with Crippen molar-refractivity contribution in [3.63, 3.8) is 0 Å². The van der Waals surface area contributed by atoms with Crippen molar-refractivity contribution in [1.29, 1.82) is 0 Å². The quantitative estimate of drug-likeness (QED) is 0.854. The summed E-state index contributed by atoms with van der Waals surface area (Å²) < 4.78 is 13.2. The zero-order chi connectivity index (χ0) is 14.7.